The molecule has 0 unspecified atom stereocenters. The Balaban J connectivity index is 2.69. The van der Waals surface area contributed by atoms with E-state index < -0.39 is 9.84 Å². The molecule has 1 aliphatic rings. The van der Waals surface area contributed by atoms with Crippen molar-refractivity contribution < 1.29 is 8.42 Å². The molecule has 1 rings (SSSR count). The Morgan fingerprint density at radius 3 is 2.36 bits per heavy atom. The van der Waals surface area contributed by atoms with Crippen LogP contribution in [0, 0.1) is 11.8 Å². The van der Waals surface area contributed by atoms with E-state index in [4.69, 9.17) is 18.0 Å². The van der Waals surface area contributed by atoms with Crippen LogP contribution in [0.3, 0.4) is 0 Å². The van der Waals surface area contributed by atoms with Gasteiger partial charge in [0.05, 0.1) is 10.7 Å². The highest BCUT2D eigenvalue weighted by Crippen LogP contribution is 2.32. The molecule has 1 fully saturated rings. The van der Waals surface area contributed by atoms with Crippen molar-refractivity contribution in [2.75, 3.05) is 12.0 Å². The van der Waals surface area contributed by atoms with Gasteiger partial charge in [-0.25, -0.2) is 8.42 Å². The highest BCUT2D eigenvalue weighted by atomic mass is 32.2. The Hall–Kier alpha value is -0.160. The third-order valence-corrected chi connectivity index (χ3v) is 4.08. The van der Waals surface area contributed by atoms with E-state index in [2.05, 4.69) is 0 Å². The number of rotatable bonds is 4. The van der Waals surface area contributed by atoms with Gasteiger partial charge in [0.25, 0.3) is 0 Å². The maximum Gasteiger partial charge on any atom is 0.148 e. The highest BCUT2D eigenvalue weighted by Gasteiger charge is 2.29. The van der Waals surface area contributed by atoms with E-state index in [0.29, 0.717) is 10.9 Å². The van der Waals surface area contributed by atoms with Crippen LogP contribution in [0.15, 0.2) is 0 Å². The van der Waals surface area contributed by atoms with Crippen molar-refractivity contribution in [3.63, 3.8) is 0 Å². The summed E-state index contributed by atoms with van der Waals surface area (Å²) in [5, 5.41) is 0. The van der Waals surface area contributed by atoms with Crippen LogP contribution in [0.5, 0.6) is 0 Å². The SMILES string of the molecule is CS(=O)(=O)C[C@@H](C(N)=S)C1CCCC1. The minimum atomic E-state index is -2.97. The summed E-state index contributed by atoms with van der Waals surface area (Å²) in [7, 11) is -2.97. The number of hydrogen-bond donors (Lipinski definition) is 1. The molecule has 82 valence electrons. The molecule has 0 heterocycles. The summed E-state index contributed by atoms with van der Waals surface area (Å²) >= 11 is 4.93. The molecule has 0 aliphatic heterocycles. The topological polar surface area (TPSA) is 60.2 Å². The molecule has 0 aromatic heterocycles. The average Bonchev–Trinajstić information content (AvgIpc) is 2.49. The first kappa shape index (κ1) is 11.9. The minimum absolute atomic E-state index is 0.109. The van der Waals surface area contributed by atoms with Gasteiger partial charge >= 0.3 is 0 Å². The fourth-order valence-corrected chi connectivity index (χ4v) is 3.62. The van der Waals surface area contributed by atoms with Gasteiger partial charge in [0.1, 0.15) is 9.84 Å². The predicted octanol–water partition coefficient (Wildman–Crippen LogP) is 1.12. The second-order valence-electron chi connectivity index (χ2n) is 4.15. The van der Waals surface area contributed by atoms with Gasteiger partial charge in [0.15, 0.2) is 0 Å². The second kappa shape index (κ2) is 4.57. The normalized spacial score (nSPS) is 20.9. The molecule has 0 aromatic carbocycles. The molecule has 0 amide bonds. The van der Waals surface area contributed by atoms with Gasteiger partial charge in [-0.2, -0.15) is 0 Å². The lowest BCUT2D eigenvalue weighted by Gasteiger charge is -2.20. The van der Waals surface area contributed by atoms with Gasteiger partial charge < -0.3 is 5.73 Å². The number of hydrogen-bond acceptors (Lipinski definition) is 3. The van der Waals surface area contributed by atoms with Crippen molar-refractivity contribution in [2.45, 2.75) is 25.7 Å². The lowest BCUT2D eigenvalue weighted by molar-refractivity contribution is 0.455. The number of sulfone groups is 1. The molecule has 3 nitrogen and oxygen atoms in total. The van der Waals surface area contributed by atoms with Crippen molar-refractivity contribution in [3.8, 4) is 0 Å². The molecular formula is C9H17NO2S2. The van der Waals surface area contributed by atoms with E-state index in [1.165, 1.54) is 19.1 Å². The van der Waals surface area contributed by atoms with Crippen LogP contribution < -0.4 is 5.73 Å². The Morgan fingerprint density at radius 2 is 2.00 bits per heavy atom. The minimum Gasteiger partial charge on any atom is -0.393 e. The Labute approximate surface area is 91.0 Å². The van der Waals surface area contributed by atoms with Crippen LogP contribution >= 0.6 is 12.2 Å². The highest BCUT2D eigenvalue weighted by molar-refractivity contribution is 7.90. The van der Waals surface area contributed by atoms with Crippen LogP contribution in [0.4, 0.5) is 0 Å². The van der Waals surface area contributed by atoms with Crippen molar-refractivity contribution >= 4 is 27.0 Å². The van der Waals surface area contributed by atoms with Crippen LogP contribution in [-0.4, -0.2) is 25.4 Å². The monoisotopic (exact) mass is 235 g/mol. The van der Waals surface area contributed by atoms with E-state index in [0.717, 1.165) is 12.8 Å². The summed E-state index contributed by atoms with van der Waals surface area (Å²) in [6.45, 7) is 0. The average molecular weight is 235 g/mol. The van der Waals surface area contributed by atoms with Crippen molar-refractivity contribution in [1.29, 1.82) is 0 Å². The molecule has 5 heteroatoms. The summed E-state index contributed by atoms with van der Waals surface area (Å²) in [6, 6.07) is 0. The van der Waals surface area contributed by atoms with Crippen molar-refractivity contribution in [1.82, 2.24) is 0 Å². The molecule has 0 spiro atoms. The van der Waals surface area contributed by atoms with Crippen molar-refractivity contribution in [2.24, 2.45) is 17.6 Å². The summed E-state index contributed by atoms with van der Waals surface area (Å²) < 4.78 is 22.4. The molecular weight excluding hydrogens is 218 g/mol. The third-order valence-electron chi connectivity index (χ3n) is 2.82. The zero-order valence-electron chi connectivity index (χ0n) is 8.40. The van der Waals surface area contributed by atoms with Crippen LogP contribution in [0.1, 0.15) is 25.7 Å². The van der Waals surface area contributed by atoms with E-state index in [1.54, 1.807) is 0 Å². The van der Waals surface area contributed by atoms with Crippen LogP contribution in [-0.2, 0) is 9.84 Å². The molecule has 14 heavy (non-hydrogen) atoms. The van der Waals surface area contributed by atoms with Gasteiger partial charge in [-0.1, -0.05) is 25.1 Å². The Bertz CT molecular complexity index is 305. The van der Waals surface area contributed by atoms with Crippen molar-refractivity contribution in [3.05, 3.63) is 0 Å². The fraction of sp³-hybridized carbons (Fsp3) is 0.889. The van der Waals surface area contributed by atoms with E-state index in [1.807, 2.05) is 0 Å². The fourth-order valence-electron chi connectivity index (χ4n) is 2.14. The molecule has 1 atom stereocenters. The van der Waals surface area contributed by atoms with E-state index in [-0.39, 0.29) is 11.7 Å². The summed E-state index contributed by atoms with van der Waals surface area (Å²) in [6.07, 6.45) is 5.73. The maximum atomic E-state index is 11.2. The smallest absolute Gasteiger partial charge is 0.148 e. The lowest BCUT2D eigenvalue weighted by Crippen LogP contribution is -2.33. The second-order valence-corrected chi connectivity index (χ2v) is 6.80. The summed E-state index contributed by atoms with van der Waals surface area (Å²) in [4.78, 5) is 0.363. The van der Waals surface area contributed by atoms with Gasteiger partial charge in [0, 0.05) is 12.2 Å². The Kier molecular flexibility index (Phi) is 3.89. The van der Waals surface area contributed by atoms with Gasteiger partial charge in [-0.05, 0) is 18.8 Å². The van der Waals surface area contributed by atoms with Gasteiger partial charge in [-0.3, -0.25) is 0 Å². The molecule has 1 saturated carbocycles. The molecule has 0 aromatic rings. The standard InChI is InChI=1S/C9H17NO2S2/c1-14(11,12)6-8(9(10)13)7-4-2-3-5-7/h7-8H,2-6H2,1H3,(H2,10,13)/t8-/m1/s1. The summed E-state index contributed by atoms with van der Waals surface area (Å²) in [5.74, 6) is 0.400. The molecule has 1 aliphatic carbocycles. The molecule has 0 bridgehead atoms. The first-order chi connectivity index (χ1) is 6.40. The number of nitrogens with two attached hydrogens (primary N) is 1. The molecule has 0 saturated heterocycles. The lowest BCUT2D eigenvalue weighted by atomic mass is 9.92. The Morgan fingerprint density at radius 1 is 1.50 bits per heavy atom. The molecule has 0 radical (unpaired) electrons. The first-order valence-corrected chi connectivity index (χ1v) is 7.34. The zero-order valence-corrected chi connectivity index (χ0v) is 10.0. The van der Waals surface area contributed by atoms with E-state index >= 15 is 0 Å². The van der Waals surface area contributed by atoms with Gasteiger partial charge in [0.2, 0.25) is 0 Å². The quantitative estimate of drug-likeness (QED) is 0.742. The largest absolute Gasteiger partial charge is 0.393 e. The van der Waals surface area contributed by atoms with Crippen LogP contribution in [0.2, 0.25) is 0 Å². The van der Waals surface area contributed by atoms with Gasteiger partial charge in [-0.15, -0.1) is 0 Å². The third kappa shape index (κ3) is 3.53. The van der Waals surface area contributed by atoms with Crippen LogP contribution in [0.25, 0.3) is 0 Å². The van der Waals surface area contributed by atoms with E-state index in [9.17, 15) is 8.42 Å². The predicted molar refractivity (Wildman–Crippen MR) is 61.9 cm³/mol. The first-order valence-electron chi connectivity index (χ1n) is 4.87. The summed E-state index contributed by atoms with van der Waals surface area (Å²) in [5.41, 5.74) is 5.59. The zero-order chi connectivity index (χ0) is 10.8. The number of thiocarbonyl (C=S) groups is 1. The molecule has 2 N–H and O–H groups in total. The maximum absolute atomic E-state index is 11.2.